The van der Waals surface area contributed by atoms with Gasteiger partial charge < -0.3 is 20.7 Å². The van der Waals surface area contributed by atoms with Gasteiger partial charge in [-0.25, -0.2) is 4.98 Å². The number of hydrogen-bond donors (Lipinski definition) is 3. The van der Waals surface area contributed by atoms with Crippen molar-refractivity contribution in [3.05, 3.63) is 42.1 Å². The van der Waals surface area contributed by atoms with Gasteiger partial charge in [0, 0.05) is 47.4 Å². The van der Waals surface area contributed by atoms with Crippen molar-refractivity contribution in [2.75, 3.05) is 31.2 Å². The van der Waals surface area contributed by atoms with Crippen LogP contribution >= 0.6 is 11.8 Å². The fourth-order valence-electron chi connectivity index (χ4n) is 3.62. The number of nitrogens with one attached hydrogen (secondary N) is 2. The zero-order valence-electron chi connectivity index (χ0n) is 17.5. The van der Waals surface area contributed by atoms with Crippen molar-refractivity contribution in [1.82, 2.24) is 25.1 Å². The minimum absolute atomic E-state index is 0.167. The SMILES string of the molecule is CN1CCC(Oc2cc(Sc3ccc(N)cc3)nc(Nc3cc(C4CC4)[nH]n3)n2)CC1. The number of anilines is 3. The lowest BCUT2D eigenvalue weighted by atomic mass is 10.1. The van der Waals surface area contributed by atoms with E-state index in [4.69, 9.17) is 10.5 Å². The van der Waals surface area contributed by atoms with Crippen molar-refractivity contribution in [1.29, 1.82) is 0 Å². The molecule has 0 amide bonds. The van der Waals surface area contributed by atoms with Crippen molar-refractivity contribution in [3.63, 3.8) is 0 Å². The number of piperidine rings is 1. The first-order valence-corrected chi connectivity index (χ1v) is 11.5. The molecule has 9 heteroatoms. The largest absolute Gasteiger partial charge is 0.474 e. The summed E-state index contributed by atoms with van der Waals surface area (Å²) in [6.45, 7) is 2.07. The molecule has 3 aromatic rings. The van der Waals surface area contributed by atoms with Crippen molar-refractivity contribution < 1.29 is 4.74 Å². The first kappa shape index (κ1) is 20.1. The fraction of sp³-hybridized carbons (Fsp3) is 0.409. The summed E-state index contributed by atoms with van der Waals surface area (Å²) < 4.78 is 6.25. The van der Waals surface area contributed by atoms with Crippen LogP contribution in [0.1, 0.15) is 37.3 Å². The molecule has 5 rings (SSSR count). The monoisotopic (exact) mass is 437 g/mol. The van der Waals surface area contributed by atoms with Gasteiger partial charge in [-0.15, -0.1) is 0 Å². The van der Waals surface area contributed by atoms with Gasteiger partial charge in [-0.2, -0.15) is 10.1 Å². The average Bonchev–Trinajstić information content (AvgIpc) is 3.51. The van der Waals surface area contributed by atoms with E-state index in [2.05, 4.69) is 37.4 Å². The van der Waals surface area contributed by atoms with Gasteiger partial charge in [0.05, 0.1) is 0 Å². The molecule has 2 aliphatic rings. The number of hydrogen-bond acceptors (Lipinski definition) is 8. The second kappa shape index (κ2) is 8.76. The summed E-state index contributed by atoms with van der Waals surface area (Å²) in [7, 11) is 2.14. The number of nitrogens with two attached hydrogens (primary N) is 1. The molecule has 162 valence electrons. The molecule has 2 aromatic heterocycles. The van der Waals surface area contributed by atoms with Crippen molar-refractivity contribution in [2.24, 2.45) is 0 Å². The van der Waals surface area contributed by atoms with Crippen LogP contribution in [0, 0.1) is 0 Å². The minimum Gasteiger partial charge on any atom is -0.474 e. The van der Waals surface area contributed by atoms with Crippen LogP contribution in [0.15, 0.2) is 46.3 Å². The van der Waals surface area contributed by atoms with Crippen molar-refractivity contribution >= 4 is 29.2 Å². The van der Waals surface area contributed by atoms with E-state index in [0.717, 1.165) is 53.1 Å². The number of likely N-dealkylation sites (tertiary alicyclic amines) is 1. The maximum atomic E-state index is 6.25. The minimum atomic E-state index is 0.167. The molecule has 0 unspecified atom stereocenters. The number of benzene rings is 1. The molecular weight excluding hydrogens is 410 g/mol. The molecular formula is C22H27N7OS. The van der Waals surface area contributed by atoms with E-state index < -0.39 is 0 Å². The van der Waals surface area contributed by atoms with Crippen LogP contribution in [0.25, 0.3) is 0 Å². The molecule has 31 heavy (non-hydrogen) atoms. The average molecular weight is 438 g/mol. The Hall–Kier alpha value is -2.78. The number of aromatic nitrogens is 4. The molecule has 1 aromatic carbocycles. The zero-order valence-corrected chi connectivity index (χ0v) is 18.4. The summed E-state index contributed by atoms with van der Waals surface area (Å²) in [5.41, 5.74) is 7.72. The number of ether oxygens (including phenoxy) is 1. The van der Waals surface area contributed by atoms with Gasteiger partial charge in [0.2, 0.25) is 11.8 Å². The van der Waals surface area contributed by atoms with E-state index in [1.54, 1.807) is 11.8 Å². The standard InChI is InChI=1S/C22H27N7OS/c1-29-10-8-16(9-11-29)30-20-13-21(31-17-6-4-15(23)5-7-17)26-22(25-20)24-19-12-18(27-28-19)14-2-3-14/h4-7,12-14,16H,2-3,8-11,23H2,1H3,(H2,24,25,26,27,28). The van der Waals surface area contributed by atoms with Crippen LogP contribution in [0.3, 0.4) is 0 Å². The fourth-order valence-corrected chi connectivity index (χ4v) is 4.43. The highest BCUT2D eigenvalue weighted by Gasteiger charge is 2.25. The third-order valence-corrected chi connectivity index (χ3v) is 6.52. The van der Waals surface area contributed by atoms with Gasteiger partial charge in [0.1, 0.15) is 11.1 Å². The number of aromatic amines is 1. The molecule has 1 saturated carbocycles. The van der Waals surface area contributed by atoms with Gasteiger partial charge in [0.15, 0.2) is 5.82 Å². The number of rotatable bonds is 7. The highest BCUT2D eigenvalue weighted by Crippen LogP contribution is 2.39. The first-order valence-electron chi connectivity index (χ1n) is 10.7. The summed E-state index contributed by atoms with van der Waals surface area (Å²) in [6, 6.07) is 11.7. The Morgan fingerprint density at radius 2 is 1.87 bits per heavy atom. The van der Waals surface area contributed by atoms with Crippen LogP contribution in [-0.2, 0) is 0 Å². The van der Waals surface area contributed by atoms with E-state index in [1.165, 1.54) is 12.8 Å². The predicted molar refractivity (Wildman–Crippen MR) is 122 cm³/mol. The molecule has 0 atom stereocenters. The maximum Gasteiger partial charge on any atom is 0.232 e. The van der Waals surface area contributed by atoms with Gasteiger partial charge in [0.25, 0.3) is 0 Å². The van der Waals surface area contributed by atoms with Crippen molar-refractivity contribution in [2.45, 2.75) is 47.6 Å². The summed E-state index contributed by atoms with van der Waals surface area (Å²) in [5, 5.41) is 11.5. The molecule has 0 radical (unpaired) electrons. The second-order valence-electron chi connectivity index (χ2n) is 8.27. The van der Waals surface area contributed by atoms with Gasteiger partial charge in [-0.3, -0.25) is 5.10 Å². The number of nitrogen functional groups attached to an aromatic ring is 1. The number of H-pyrrole nitrogens is 1. The lowest BCUT2D eigenvalue weighted by Crippen LogP contribution is -2.35. The zero-order chi connectivity index (χ0) is 21.2. The summed E-state index contributed by atoms with van der Waals surface area (Å²) in [5.74, 6) is 2.40. The molecule has 1 aliphatic carbocycles. The quantitative estimate of drug-likeness (QED) is 0.376. The molecule has 0 spiro atoms. The Bertz CT molecular complexity index is 1030. The Balaban J connectivity index is 1.37. The lowest BCUT2D eigenvalue weighted by Gasteiger charge is -2.29. The van der Waals surface area contributed by atoms with Crippen LogP contribution in [0.4, 0.5) is 17.5 Å². The van der Waals surface area contributed by atoms with Gasteiger partial charge >= 0.3 is 0 Å². The summed E-state index contributed by atoms with van der Waals surface area (Å²) >= 11 is 1.55. The van der Waals surface area contributed by atoms with E-state index in [-0.39, 0.29) is 6.10 Å². The number of nitrogens with zero attached hydrogens (tertiary/aromatic N) is 4. The topological polar surface area (TPSA) is 105 Å². The molecule has 3 heterocycles. The van der Waals surface area contributed by atoms with E-state index in [0.29, 0.717) is 17.7 Å². The van der Waals surface area contributed by atoms with Crippen LogP contribution < -0.4 is 15.8 Å². The Labute approximate surface area is 186 Å². The summed E-state index contributed by atoms with van der Waals surface area (Å²) in [6.07, 6.45) is 4.60. The Morgan fingerprint density at radius 3 is 2.61 bits per heavy atom. The molecule has 1 aliphatic heterocycles. The normalized spacial score (nSPS) is 17.6. The van der Waals surface area contributed by atoms with Crippen LogP contribution in [0.5, 0.6) is 5.88 Å². The third kappa shape index (κ3) is 5.29. The second-order valence-corrected chi connectivity index (χ2v) is 9.36. The predicted octanol–water partition coefficient (Wildman–Crippen LogP) is 4.03. The molecule has 4 N–H and O–H groups in total. The van der Waals surface area contributed by atoms with E-state index in [1.807, 2.05) is 36.4 Å². The maximum absolute atomic E-state index is 6.25. The van der Waals surface area contributed by atoms with E-state index >= 15 is 0 Å². The molecule has 0 bridgehead atoms. The lowest BCUT2D eigenvalue weighted by molar-refractivity contribution is 0.109. The Kier molecular flexibility index (Phi) is 5.69. The Morgan fingerprint density at radius 1 is 1.10 bits per heavy atom. The van der Waals surface area contributed by atoms with Crippen LogP contribution in [-0.4, -0.2) is 51.3 Å². The summed E-state index contributed by atoms with van der Waals surface area (Å²) in [4.78, 5) is 12.7. The van der Waals surface area contributed by atoms with Gasteiger partial charge in [-0.1, -0.05) is 11.8 Å². The molecule has 2 fully saturated rings. The highest BCUT2D eigenvalue weighted by atomic mass is 32.2. The van der Waals surface area contributed by atoms with Gasteiger partial charge in [-0.05, 0) is 57.0 Å². The smallest absolute Gasteiger partial charge is 0.232 e. The highest BCUT2D eigenvalue weighted by molar-refractivity contribution is 7.99. The first-order chi connectivity index (χ1) is 15.1. The van der Waals surface area contributed by atoms with E-state index in [9.17, 15) is 0 Å². The van der Waals surface area contributed by atoms with Crippen LogP contribution in [0.2, 0.25) is 0 Å². The van der Waals surface area contributed by atoms with Crippen molar-refractivity contribution in [3.8, 4) is 5.88 Å². The molecule has 8 nitrogen and oxygen atoms in total. The molecule has 1 saturated heterocycles. The third-order valence-electron chi connectivity index (χ3n) is 5.59.